The minimum atomic E-state index is -0.458. The molecule has 128 valence electrons. The van der Waals surface area contributed by atoms with Gasteiger partial charge >= 0.3 is 6.09 Å². The van der Waals surface area contributed by atoms with E-state index in [2.05, 4.69) is 36.5 Å². The number of hydrogen-bond donors (Lipinski definition) is 1. The van der Waals surface area contributed by atoms with Gasteiger partial charge in [-0.15, -0.1) is 0 Å². The summed E-state index contributed by atoms with van der Waals surface area (Å²) in [6.45, 7) is 8.26. The third-order valence-electron chi connectivity index (χ3n) is 3.37. The van der Waals surface area contributed by atoms with E-state index in [1.54, 1.807) is 0 Å². The monoisotopic (exact) mass is 317 g/mol. The maximum atomic E-state index is 11.5. The summed E-state index contributed by atoms with van der Waals surface area (Å²) >= 11 is 0. The van der Waals surface area contributed by atoms with E-state index in [-0.39, 0.29) is 6.09 Å². The number of rotatable bonds is 8. The van der Waals surface area contributed by atoms with Crippen LogP contribution in [0.1, 0.15) is 64.5 Å². The quantitative estimate of drug-likeness (QED) is 0.657. The molecule has 1 amide bonds. The van der Waals surface area contributed by atoms with Crippen molar-refractivity contribution in [2.45, 2.75) is 65.4 Å². The highest BCUT2D eigenvalue weighted by molar-refractivity contribution is 5.68. The number of benzene rings is 1. The molecule has 0 bridgehead atoms. The Morgan fingerprint density at radius 1 is 1.13 bits per heavy atom. The van der Waals surface area contributed by atoms with Crippen LogP contribution in [0.25, 0.3) is 6.08 Å². The highest BCUT2D eigenvalue weighted by Crippen LogP contribution is 2.11. The van der Waals surface area contributed by atoms with E-state index in [1.165, 1.54) is 31.2 Å². The molecule has 3 heteroatoms. The van der Waals surface area contributed by atoms with Gasteiger partial charge in [0.2, 0.25) is 0 Å². The zero-order chi connectivity index (χ0) is 17.1. The molecule has 0 atom stereocenters. The Hall–Kier alpha value is -1.77. The molecule has 0 heterocycles. The van der Waals surface area contributed by atoms with E-state index < -0.39 is 5.60 Å². The van der Waals surface area contributed by atoms with Crippen LogP contribution in [0, 0.1) is 0 Å². The van der Waals surface area contributed by atoms with Crippen LogP contribution in [0.3, 0.4) is 0 Å². The molecule has 0 aliphatic heterocycles. The van der Waals surface area contributed by atoms with Crippen molar-refractivity contribution in [3.05, 3.63) is 41.5 Å². The van der Waals surface area contributed by atoms with Crippen molar-refractivity contribution < 1.29 is 9.53 Å². The Kier molecular flexibility index (Phi) is 8.46. The van der Waals surface area contributed by atoms with Crippen LogP contribution in [0.2, 0.25) is 0 Å². The first-order valence-electron chi connectivity index (χ1n) is 8.63. The van der Waals surface area contributed by atoms with E-state index in [9.17, 15) is 4.79 Å². The number of hydrogen-bond acceptors (Lipinski definition) is 2. The van der Waals surface area contributed by atoms with Gasteiger partial charge in [-0.1, -0.05) is 62.6 Å². The number of amides is 1. The highest BCUT2D eigenvalue weighted by Gasteiger charge is 2.14. The normalized spacial score (nSPS) is 11.7. The summed E-state index contributed by atoms with van der Waals surface area (Å²) in [5.41, 5.74) is 2.08. The van der Waals surface area contributed by atoms with E-state index in [0.29, 0.717) is 6.54 Å². The summed E-state index contributed by atoms with van der Waals surface area (Å²) in [5.74, 6) is 0. The molecule has 0 fully saturated rings. The van der Waals surface area contributed by atoms with Gasteiger partial charge in [0.1, 0.15) is 5.60 Å². The Bertz CT molecular complexity index is 483. The topological polar surface area (TPSA) is 38.3 Å². The van der Waals surface area contributed by atoms with E-state index in [4.69, 9.17) is 4.74 Å². The number of unbranched alkanes of at least 4 members (excludes halogenated alkanes) is 3. The molecule has 0 saturated heterocycles. The van der Waals surface area contributed by atoms with Gasteiger partial charge in [0.15, 0.2) is 0 Å². The molecule has 0 spiro atoms. The average Bonchev–Trinajstić information content (AvgIpc) is 2.48. The maximum absolute atomic E-state index is 11.5. The Morgan fingerprint density at radius 3 is 2.43 bits per heavy atom. The second kappa shape index (κ2) is 10.1. The fraction of sp³-hybridized carbons (Fsp3) is 0.550. The smallest absolute Gasteiger partial charge is 0.407 e. The second-order valence-corrected chi connectivity index (χ2v) is 6.84. The standard InChI is InChI=1S/C20H31NO2/c1-5-6-7-8-10-17-12-14-18(15-13-17)11-9-16-21-19(22)23-20(2,3)4/h9,11-15H,5-8,10,16H2,1-4H3,(H,21,22). The first-order valence-corrected chi connectivity index (χ1v) is 8.63. The van der Waals surface area contributed by atoms with Crippen LogP contribution in [0.15, 0.2) is 30.3 Å². The lowest BCUT2D eigenvalue weighted by Crippen LogP contribution is -2.32. The van der Waals surface area contributed by atoms with E-state index in [1.807, 2.05) is 32.9 Å². The van der Waals surface area contributed by atoms with Crippen molar-refractivity contribution in [1.82, 2.24) is 5.32 Å². The van der Waals surface area contributed by atoms with Gasteiger partial charge in [-0.2, -0.15) is 0 Å². The number of aryl methyl sites for hydroxylation is 1. The molecular weight excluding hydrogens is 286 g/mol. The molecular formula is C20H31NO2. The fourth-order valence-corrected chi connectivity index (χ4v) is 2.20. The molecule has 0 unspecified atom stereocenters. The summed E-state index contributed by atoms with van der Waals surface area (Å²) < 4.78 is 5.18. The minimum Gasteiger partial charge on any atom is -0.444 e. The molecule has 1 N–H and O–H groups in total. The van der Waals surface area contributed by atoms with Crippen LogP contribution < -0.4 is 5.32 Å². The minimum absolute atomic E-state index is 0.385. The van der Waals surface area contributed by atoms with Crippen molar-refractivity contribution in [2.75, 3.05) is 6.54 Å². The Balaban J connectivity index is 2.30. The van der Waals surface area contributed by atoms with Crippen LogP contribution in [-0.2, 0) is 11.2 Å². The molecule has 1 rings (SSSR count). The second-order valence-electron chi connectivity index (χ2n) is 6.84. The maximum Gasteiger partial charge on any atom is 0.407 e. The molecule has 1 aromatic carbocycles. The third-order valence-corrected chi connectivity index (χ3v) is 3.37. The van der Waals surface area contributed by atoms with Crippen LogP contribution >= 0.6 is 0 Å². The zero-order valence-corrected chi connectivity index (χ0v) is 15.0. The molecule has 0 aromatic heterocycles. The molecule has 0 radical (unpaired) electrons. The van der Waals surface area contributed by atoms with Crippen LogP contribution in [0.5, 0.6) is 0 Å². The van der Waals surface area contributed by atoms with Crippen molar-refractivity contribution in [3.8, 4) is 0 Å². The van der Waals surface area contributed by atoms with Gasteiger partial charge in [-0.25, -0.2) is 4.79 Å². The van der Waals surface area contributed by atoms with Gasteiger partial charge in [-0.3, -0.25) is 0 Å². The highest BCUT2D eigenvalue weighted by atomic mass is 16.6. The molecule has 3 nitrogen and oxygen atoms in total. The SMILES string of the molecule is CCCCCCc1ccc(C=CCNC(=O)OC(C)(C)C)cc1. The fourth-order valence-electron chi connectivity index (χ4n) is 2.20. The molecule has 1 aromatic rings. The third kappa shape index (κ3) is 9.77. The summed E-state index contributed by atoms with van der Waals surface area (Å²) in [6, 6.07) is 8.62. The van der Waals surface area contributed by atoms with Gasteiger partial charge in [-0.05, 0) is 44.7 Å². The predicted octanol–water partition coefficient (Wildman–Crippen LogP) is 5.35. The molecule has 0 aliphatic rings. The van der Waals surface area contributed by atoms with Gasteiger partial charge in [0, 0.05) is 6.54 Å². The Morgan fingerprint density at radius 2 is 1.83 bits per heavy atom. The zero-order valence-electron chi connectivity index (χ0n) is 15.0. The summed E-state index contributed by atoms with van der Waals surface area (Å²) in [5, 5.41) is 2.71. The average molecular weight is 317 g/mol. The first kappa shape index (κ1) is 19.3. The van der Waals surface area contributed by atoms with E-state index in [0.717, 1.165) is 12.0 Å². The Labute approximate surface area is 141 Å². The van der Waals surface area contributed by atoms with Crippen LogP contribution in [0.4, 0.5) is 4.79 Å². The number of ether oxygens (including phenoxy) is 1. The number of nitrogens with one attached hydrogen (secondary N) is 1. The van der Waals surface area contributed by atoms with Gasteiger partial charge < -0.3 is 10.1 Å². The summed E-state index contributed by atoms with van der Waals surface area (Å²) in [4.78, 5) is 11.5. The number of carbonyl (C=O) groups is 1. The number of alkyl carbamates (subject to hydrolysis) is 1. The summed E-state index contributed by atoms with van der Waals surface area (Å²) in [7, 11) is 0. The lowest BCUT2D eigenvalue weighted by atomic mass is 10.0. The van der Waals surface area contributed by atoms with Gasteiger partial charge in [0.05, 0.1) is 0 Å². The van der Waals surface area contributed by atoms with Crippen molar-refractivity contribution >= 4 is 12.2 Å². The summed E-state index contributed by atoms with van der Waals surface area (Å²) in [6.07, 6.45) is 9.90. The van der Waals surface area contributed by atoms with Crippen molar-refractivity contribution in [2.24, 2.45) is 0 Å². The van der Waals surface area contributed by atoms with Crippen molar-refractivity contribution in [1.29, 1.82) is 0 Å². The largest absolute Gasteiger partial charge is 0.444 e. The molecule has 23 heavy (non-hydrogen) atoms. The molecule has 0 aliphatic carbocycles. The van der Waals surface area contributed by atoms with Gasteiger partial charge in [0.25, 0.3) is 0 Å². The number of carbonyl (C=O) groups excluding carboxylic acids is 1. The van der Waals surface area contributed by atoms with Crippen LogP contribution in [-0.4, -0.2) is 18.2 Å². The molecule has 0 saturated carbocycles. The first-order chi connectivity index (χ1) is 10.9. The lowest BCUT2D eigenvalue weighted by molar-refractivity contribution is 0.0534. The predicted molar refractivity (Wildman–Crippen MR) is 97.6 cm³/mol. The van der Waals surface area contributed by atoms with E-state index >= 15 is 0 Å². The lowest BCUT2D eigenvalue weighted by Gasteiger charge is -2.19. The van der Waals surface area contributed by atoms with Crippen molar-refractivity contribution in [3.63, 3.8) is 0 Å².